The summed E-state index contributed by atoms with van der Waals surface area (Å²) in [5, 5.41) is 22.1. The Kier molecular flexibility index (Phi) is 16.7. The zero-order valence-electron chi connectivity index (χ0n) is 26.5. The Labute approximate surface area is 295 Å². The molecule has 47 heavy (non-hydrogen) atoms. The summed E-state index contributed by atoms with van der Waals surface area (Å²) in [5.74, 6) is 0.358. The number of piperidine rings is 1. The van der Waals surface area contributed by atoms with E-state index in [1.165, 1.54) is 24.3 Å². The van der Waals surface area contributed by atoms with E-state index in [-0.39, 0.29) is 47.7 Å². The van der Waals surface area contributed by atoms with Crippen LogP contribution in [0.1, 0.15) is 40.3 Å². The molecule has 4 nitrogen and oxygen atoms in total. The average molecular weight is 704 g/mol. The van der Waals surface area contributed by atoms with Crippen LogP contribution in [0.25, 0.3) is 0 Å². The van der Waals surface area contributed by atoms with Gasteiger partial charge in [0, 0.05) is 31.4 Å². The zero-order chi connectivity index (χ0) is 31.4. The molecule has 2 unspecified atom stereocenters. The molecule has 0 aliphatic carbocycles. The van der Waals surface area contributed by atoms with Crippen LogP contribution >= 0.6 is 36.6 Å². The summed E-state index contributed by atoms with van der Waals surface area (Å²) < 4.78 is 27.3. The molecule has 0 saturated carbocycles. The van der Waals surface area contributed by atoms with Crippen LogP contribution in [0.2, 0.25) is 0 Å². The lowest BCUT2D eigenvalue weighted by Crippen LogP contribution is -2.50. The molecule has 1 aliphatic heterocycles. The Balaban J connectivity index is 0.00000300. The molecule has 0 radical (unpaired) electrons. The monoisotopic (exact) mass is 702 g/mol. The maximum atomic E-state index is 13.6. The number of thioether (sulfide) groups is 1. The molecule has 0 spiro atoms. The second-order valence-electron chi connectivity index (χ2n) is 12.1. The van der Waals surface area contributed by atoms with Gasteiger partial charge in [-0.2, -0.15) is 0 Å². The number of hydrogen-bond acceptors (Lipinski definition) is 5. The fourth-order valence-corrected chi connectivity index (χ4v) is 7.58. The quantitative estimate of drug-likeness (QED) is 0.134. The van der Waals surface area contributed by atoms with Crippen LogP contribution in [0, 0.1) is 11.6 Å². The maximum Gasteiger partial charge on any atom is 0.123 e. The Morgan fingerprint density at radius 2 is 1.09 bits per heavy atom. The van der Waals surface area contributed by atoms with Crippen LogP contribution in [0.5, 0.6) is 0 Å². The third-order valence-electron chi connectivity index (χ3n) is 8.63. The summed E-state index contributed by atoms with van der Waals surface area (Å²) in [7, 11) is 0. The number of halogens is 4. The van der Waals surface area contributed by atoms with Gasteiger partial charge < -0.3 is 15.1 Å². The molecule has 9 heteroatoms. The summed E-state index contributed by atoms with van der Waals surface area (Å²) in [6.45, 7) is 3.87. The van der Waals surface area contributed by atoms with E-state index >= 15 is 0 Å². The number of likely N-dealkylation sites (tertiary alicyclic amines) is 1. The Morgan fingerprint density at radius 3 is 1.51 bits per heavy atom. The van der Waals surface area contributed by atoms with E-state index in [1.54, 1.807) is 11.8 Å². The molecule has 254 valence electrons. The van der Waals surface area contributed by atoms with E-state index in [9.17, 15) is 19.0 Å². The fourth-order valence-electron chi connectivity index (χ4n) is 6.28. The van der Waals surface area contributed by atoms with Crippen molar-refractivity contribution in [3.05, 3.63) is 143 Å². The van der Waals surface area contributed by atoms with Gasteiger partial charge in [-0.15, -0.1) is 36.6 Å². The fraction of sp³-hybridized carbons (Fsp3) is 0.368. The molecule has 1 heterocycles. The van der Waals surface area contributed by atoms with Gasteiger partial charge in [0.2, 0.25) is 0 Å². The predicted octanol–water partition coefficient (Wildman–Crippen LogP) is 7.60. The highest BCUT2D eigenvalue weighted by molar-refractivity contribution is 7.99. The summed E-state index contributed by atoms with van der Waals surface area (Å²) in [4.78, 5) is 4.79. The molecule has 0 aromatic heterocycles. The van der Waals surface area contributed by atoms with Crippen LogP contribution in [-0.4, -0.2) is 76.7 Å². The lowest BCUT2D eigenvalue weighted by molar-refractivity contribution is 0.0248. The van der Waals surface area contributed by atoms with E-state index in [0.29, 0.717) is 25.9 Å². The number of benzene rings is 4. The third-order valence-corrected chi connectivity index (χ3v) is 9.93. The summed E-state index contributed by atoms with van der Waals surface area (Å²) in [6.07, 6.45) is 2.10. The number of aliphatic hydroxyl groups excluding tert-OH is 2. The first-order chi connectivity index (χ1) is 21.9. The van der Waals surface area contributed by atoms with E-state index < -0.39 is 12.2 Å². The van der Waals surface area contributed by atoms with Crippen molar-refractivity contribution in [2.75, 3.05) is 38.5 Å². The summed E-state index contributed by atoms with van der Waals surface area (Å²) >= 11 is 1.80. The number of nitrogens with zero attached hydrogens (tertiary/aromatic N) is 2. The Hall–Kier alpha value is -2.49. The summed E-state index contributed by atoms with van der Waals surface area (Å²) in [6, 6.07) is 33.6. The van der Waals surface area contributed by atoms with Gasteiger partial charge >= 0.3 is 0 Å². The van der Waals surface area contributed by atoms with Gasteiger partial charge in [0.1, 0.15) is 11.6 Å². The van der Waals surface area contributed by atoms with Crippen molar-refractivity contribution in [1.82, 2.24) is 9.80 Å². The highest BCUT2D eigenvalue weighted by atomic mass is 35.5. The molecule has 5 rings (SSSR count). The normalized spacial score (nSPS) is 15.2. The number of rotatable bonds is 15. The first-order valence-corrected chi connectivity index (χ1v) is 17.0. The van der Waals surface area contributed by atoms with Crippen LogP contribution in [0.15, 0.2) is 109 Å². The van der Waals surface area contributed by atoms with E-state index in [1.807, 2.05) is 84.9 Å². The van der Waals surface area contributed by atoms with Gasteiger partial charge in [-0.25, -0.2) is 8.78 Å². The standard InChI is InChI=1S/C38H44F2N2O2S.2ClH/c39-33-15-11-31(12-16-33)38(32-13-17-34(40)18-14-32)45-24-23-41-21-19-35(20-22-41)42(27-36(43)25-29-7-3-1-4-8-29)28-37(44)26-30-9-5-2-6-10-30;;/h1-18,35-38,43-44H,19-28H2;2*1H. The van der Waals surface area contributed by atoms with Crippen LogP contribution in [0.3, 0.4) is 0 Å². The van der Waals surface area contributed by atoms with Crippen molar-refractivity contribution in [3.63, 3.8) is 0 Å². The molecular weight excluding hydrogens is 657 g/mol. The minimum Gasteiger partial charge on any atom is -0.391 e. The van der Waals surface area contributed by atoms with Gasteiger partial charge in [-0.1, -0.05) is 84.9 Å². The minimum atomic E-state index is -0.513. The largest absolute Gasteiger partial charge is 0.391 e. The highest BCUT2D eigenvalue weighted by Gasteiger charge is 2.28. The van der Waals surface area contributed by atoms with Crippen LogP contribution < -0.4 is 0 Å². The van der Waals surface area contributed by atoms with Crippen molar-refractivity contribution in [2.24, 2.45) is 0 Å². The Morgan fingerprint density at radius 1 is 0.660 bits per heavy atom. The van der Waals surface area contributed by atoms with Gasteiger partial charge in [0.15, 0.2) is 0 Å². The van der Waals surface area contributed by atoms with E-state index in [4.69, 9.17) is 0 Å². The lowest BCUT2D eigenvalue weighted by atomic mass is 9.99. The van der Waals surface area contributed by atoms with Gasteiger partial charge in [0.25, 0.3) is 0 Å². The molecule has 2 N–H and O–H groups in total. The summed E-state index contributed by atoms with van der Waals surface area (Å²) in [5.41, 5.74) is 4.24. The van der Waals surface area contributed by atoms with Gasteiger partial charge in [-0.3, -0.25) is 4.90 Å². The average Bonchev–Trinajstić information content (AvgIpc) is 3.05. The zero-order valence-corrected chi connectivity index (χ0v) is 29.0. The first-order valence-electron chi connectivity index (χ1n) is 16.0. The topological polar surface area (TPSA) is 46.9 Å². The second-order valence-corrected chi connectivity index (χ2v) is 13.3. The molecule has 1 saturated heterocycles. The van der Waals surface area contributed by atoms with Crippen molar-refractivity contribution in [2.45, 2.75) is 49.2 Å². The molecular formula is C38H46Cl2F2N2O2S. The van der Waals surface area contributed by atoms with Crippen molar-refractivity contribution in [3.8, 4) is 0 Å². The second kappa shape index (κ2) is 20.1. The van der Waals surface area contributed by atoms with Gasteiger partial charge in [0.05, 0.1) is 17.5 Å². The smallest absolute Gasteiger partial charge is 0.123 e. The SMILES string of the molecule is Cl.Cl.OC(Cc1ccccc1)CN(CC(O)Cc1ccccc1)C1CCN(CCSC(c2ccc(F)cc2)c2ccc(F)cc2)CC1. The Bertz CT molecular complexity index is 1320. The minimum absolute atomic E-state index is 0. The van der Waals surface area contributed by atoms with E-state index in [2.05, 4.69) is 9.80 Å². The van der Waals surface area contributed by atoms with E-state index in [0.717, 1.165) is 60.5 Å². The molecule has 1 fully saturated rings. The number of aliphatic hydroxyl groups is 2. The molecule has 4 aromatic carbocycles. The molecule has 2 atom stereocenters. The maximum absolute atomic E-state index is 13.6. The molecule has 0 amide bonds. The first kappa shape index (κ1) is 39.0. The molecule has 0 bridgehead atoms. The third kappa shape index (κ3) is 12.5. The lowest BCUT2D eigenvalue weighted by Gasteiger charge is -2.40. The predicted molar refractivity (Wildman–Crippen MR) is 195 cm³/mol. The highest BCUT2D eigenvalue weighted by Crippen LogP contribution is 2.36. The van der Waals surface area contributed by atoms with Crippen LogP contribution in [-0.2, 0) is 12.8 Å². The van der Waals surface area contributed by atoms with Crippen molar-refractivity contribution in [1.29, 1.82) is 0 Å². The van der Waals surface area contributed by atoms with Crippen LogP contribution in [0.4, 0.5) is 8.78 Å². The number of hydrogen-bond donors (Lipinski definition) is 2. The van der Waals surface area contributed by atoms with Crippen molar-refractivity contribution < 1.29 is 19.0 Å². The molecule has 1 aliphatic rings. The molecule has 4 aromatic rings. The van der Waals surface area contributed by atoms with Gasteiger partial charge in [-0.05, 0) is 85.3 Å². The van der Waals surface area contributed by atoms with Crippen molar-refractivity contribution >= 4 is 36.6 Å².